The Hall–Kier alpha value is -3.06. The van der Waals surface area contributed by atoms with Crippen LogP contribution in [0.5, 0.6) is 0 Å². The van der Waals surface area contributed by atoms with Gasteiger partial charge in [-0.05, 0) is 41.5 Å². The Morgan fingerprint density at radius 1 is 1.23 bits per heavy atom. The summed E-state index contributed by atoms with van der Waals surface area (Å²) >= 11 is 5.38. The number of aromatic nitrogens is 3. The molecule has 7 heteroatoms. The molecular formula is C19H16N4O2S. The smallest absolute Gasteiger partial charge is 0.258 e. The molecule has 2 aromatic heterocycles. The highest BCUT2D eigenvalue weighted by Gasteiger charge is 2.09. The number of fused-ring (bicyclic) bond motifs is 1. The van der Waals surface area contributed by atoms with Crippen LogP contribution in [0.2, 0.25) is 0 Å². The lowest BCUT2D eigenvalue weighted by Gasteiger charge is -2.05. The van der Waals surface area contributed by atoms with Crippen LogP contribution in [0.1, 0.15) is 18.4 Å². The van der Waals surface area contributed by atoms with Crippen LogP contribution in [-0.2, 0) is 6.42 Å². The number of non-ortho nitro benzene ring substituents is 1. The first kappa shape index (κ1) is 17.8. The summed E-state index contributed by atoms with van der Waals surface area (Å²) in [6.45, 7) is 3.70. The molecule has 0 aliphatic heterocycles. The van der Waals surface area contributed by atoms with Crippen LogP contribution in [0.4, 0.5) is 5.69 Å². The van der Waals surface area contributed by atoms with Gasteiger partial charge in [0.2, 0.25) is 0 Å². The van der Waals surface area contributed by atoms with Crippen molar-refractivity contribution in [2.24, 2.45) is 0 Å². The van der Waals surface area contributed by atoms with Crippen LogP contribution in [0.15, 0.2) is 55.4 Å². The first-order chi connectivity index (χ1) is 12.6. The Kier molecular flexibility index (Phi) is 5.38. The summed E-state index contributed by atoms with van der Waals surface area (Å²) < 4.78 is 0. The molecule has 0 saturated carbocycles. The Bertz CT molecular complexity index is 987. The van der Waals surface area contributed by atoms with Gasteiger partial charge in [-0.1, -0.05) is 18.3 Å². The van der Waals surface area contributed by atoms with Crippen molar-refractivity contribution < 1.29 is 4.92 Å². The lowest BCUT2D eigenvalue weighted by molar-refractivity contribution is -0.384. The molecule has 0 N–H and O–H groups in total. The van der Waals surface area contributed by atoms with Gasteiger partial charge in [-0.25, -0.2) is 9.97 Å². The molecule has 0 bridgehead atoms. The number of nitrogens with zero attached hydrogens (tertiary/aromatic N) is 4. The fraction of sp³-hybridized carbons (Fsp3) is 0.158. The van der Waals surface area contributed by atoms with E-state index in [1.807, 2.05) is 12.1 Å². The molecule has 0 fully saturated rings. The summed E-state index contributed by atoms with van der Waals surface area (Å²) in [4.78, 5) is 24.6. The number of allylic oxidation sites excluding steroid dienone is 1. The van der Waals surface area contributed by atoms with Crippen molar-refractivity contribution in [3.63, 3.8) is 0 Å². The molecular weight excluding hydrogens is 348 g/mol. The highest BCUT2D eigenvalue weighted by molar-refractivity contribution is 7.80. The van der Waals surface area contributed by atoms with Gasteiger partial charge >= 0.3 is 0 Å². The molecule has 3 rings (SSSR count). The van der Waals surface area contributed by atoms with E-state index >= 15 is 0 Å². The van der Waals surface area contributed by atoms with Crippen molar-refractivity contribution in [1.29, 1.82) is 0 Å². The van der Waals surface area contributed by atoms with Crippen LogP contribution in [0.25, 0.3) is 22.4 Å². The maximum absolute atomic E-state index is 10.7. The largest absolute Gasteiger partial charge is 0.269 e. The predicted octanol–water partition coefficient (Wildman–Crippen LogP) is 4.48. The Morgan fingerprint density at radius 3 is 2.69 bits per heavy atom. The summed E-state index contributed by atoms with van der Waals surface area (Å²) in [6, 6.07) is 8.14. The first-order valence-electron chi connectivity index (χ1n) is 8.06. The van der Waals surface area contributed by atoms with E-state index in [9.17, 15) is 10.1 Å². The van der Waals surface area contributed by atoms with Crippen LogP contribution < -0.4 is 0 Å². The van der Waals surface area contributed by atoms with Gasteiger partial charge in [0.1, 0.15) is 5.52 Å². The van der Waals surface area contributed by atoms with Gasteiger partial charge in [-0.3, -0.25) is 15.1 Å². The normalized spacial score (nSPS) is 10.6. The molecule has 130 valence electrons. The molecule has 2 heterocycles. The third-order valence-corrected chi connectivity index (χ3v) is 4.21. The zero-order valence-corrected chi connectivity index (χ0v) is 14.8. The van der Waals surface area contributed by atoms with E-state index in [1.54, 1.807) is 24.5 Å². The number of thiocarbonyl (C=S) groups is 1. The molecule has 0 aliphatic rings. The van der Waals surface area contributed by atoms with Gasteiger partial charge < -0.3 is 0 Å². The third-order valence-electron chi connectivity index (χ3n) is 3.86. The van der Waals surface area contributed by atoms with Crippen LogP contribution in [0, 0.1) is 10.1 Å². The monoisotopic (exact) mass is 364 g/mol. The summed E-state index contributed by atoms with van der Waals surface area (Å²) in [5.41, 5.74) is 3.64. The van der Waals surface area contributed by atoms with Gasteiger partial charge in [-0.2, -0.15) is 0 Å². The van der Waals surface area contributed by atoms with E-state index in [2.05, 4.69) is 21.5 Å². The summed E-state index contributed by atoms with van der Waals surface area (Å²) in [6.07, 6.45) is 7.65. The number of nitro benzene ring substituents is 1. The molecule has 26 heavy (non-hydrogen) atoms. The average molecular weight is 364 g/mol. The fourth-order valence-corrected chi connectivity index (χ4v) is 2.80. The van der Waals surface area contributed by atoms with E-state index in [1.165, 1.54) is 12.1 Å². The van der Waals surface area contributed by atoms with Gasteiger partial charge in [0, 0.05) is 30.3 Å². The Labute approximate surface area is 155 Å². The van der Waals surface area contributed by atoms with E-state index < -0.39 is 4.92 Å². The van der Waals surface area contributed by atoms with Gasteiger partial charge in [0.25, 0.3) is 5.69 Å². The number of rotatable bonds is 7. The molecule has 1 aromatic carbocycles. The number of hydrogen-bond acceptors (Lipinski definition) is 6. The van der Waals surface area contributed by atoms with Crippen LogP contribution >= 0.6 is 12.2 Å². The standard InChI is InChI=1S/C19H16N4O2S/c1-2-3-4-16(26)9-13-10-17-19(21-11-13)22-18(12-20-17)14-5-7-15(8-6-14)23(24)25/h2,5-8,10-12H,1,3-4,9H2. The highest BCUT2D eigenvalue weighted by atomic mass is 32.1. The van der Waals surface area contributed by atoms with Gasteiger partial charge in [0.15, 0.2) is 5.65 Å². The highest BCUT2D eigenvalue weighted by Crippen LogP contribution is 2.22. The summed E-state index contributed by atoms with van der Waals surface area (Å²) in [5.74, 6) is 0. The molecule has 3 aromatic rings. The Balaban J connectivity index is 1.83. The van der Waals surface area contributed by atoms with Crippen molar-refractivity contribution in [3.05, 3.63) is 71.1 Å². The molecule has 6 nitrogen and oxygen atoms in total. The van der Waals surface area contributed by atoms with Gasteiger partial charge in [0.05, 0.1) is 16.8 Å². The van der Waals surface area contributed by atoms with Crippen molar-refractivity contribution in [1.82, 2.24) is 15.0 Å². The zero-order valence-electron chi connectivity index (χ0n) is 14.0. The molecule has 0 unspecified atom stereocenters. The van der Waals surface area contributed by atoms with Crippen molar-refractivity contribution >= 4 is 33.9 Å². The minimum atomic E-state index is -0.432. The van der Waals surface area contributed by atoms with E-state index in [0.29, 0.717) is 23.3 Å². The number of hydrogen-bond donors (Lipinski definition) is 0. The average Bonchev–Trinajstić information content (AvgIpc) is 2.66. The number of nitro groups is 1. The third kappa shape index (κ3) is 4.12. The predicted molar refractivity (Wildman–Crippen MR) is 105 cm³/mol. The molecule has 0 saturated heterocycles. The van der Waals surface area contributed by atoms with Crippen molar-refractivity contribution in [3.8, 4) is 11.3 Å². The molecule has 0 spiro atoms. The number of pyridine rings is 1. The second kappa shape index (κ2) is 7.88. The van der Waals surface area contributed by atoms with E-state index in [0.717, 1.165) is 28.8 Å². The van der Waals surface area contributed by atoms with Crippen LogP contribution in [-0.4, -0.2) is 24.7 Å². The zero-order chi connectivity index (χ0) is 18.5. The lowest BCUT2D eigenvalue weighted by atomic mass is 10.1. The maximum atomic E-state index is 10.7. The minimum absolute atomic E-state index is 0.0395. The Morgan fingerprint density at radius 2 is 2.00 bits per heavy atom. The summed E-state index contributed by atoms with van der Waals surface area (Å²) in [5, 5.41) is 10.7. The quantitative estimate of drug-likeness (QED) is 0.266. The second-order valence-corrected chi connectivity index (χ2v) is 6.37. The fourth-order valence-electron chi connectivity index (χ4n) is 2.51. The number of benzene rings is 1. The molecule has 0 aliphatic carbocycles. The van der Waals surface area contributed by atoms with Crippen molar-refractivity contribution in [2.75, 3.05) is 0 Å². The SMILES string of the molecule is C=CCCC(=S)Cc1cnc2nc(-c3ccc([N+](=O)[O-])cc3)cnc2c1. The minimum Gasteiger partial charge on any atom is -0.258 e. The molecule has 0 radical (unpaired) electrons. The van der Waals surface area contributed by atoms with Crippen molar-refractivity contribution in [2.45, 2.75) is 19.3 Å². The van der Waals surface area contributed by atoms with E-state index in [4.69, 9.17) is 12.2 Å². The van der Waals surface area contributed by atoms with Crippen LogP contribution in [0.3, 0.4) is 0 Å². The van der Waals surface area contributed by atoms with E-state index in [-0.39, 0.29) is 5.69 Å². The maximum Gasteiger partial charge on any atom is 0.269 e. The molecule has 0 atom stereocenters. The van der Waals surface area contributed by atoms with Gasteiger partial charge in [-0.15, -0.1) is 6.58 Å². The topological polar surface area (TPSA) is 81.8 Å². The second-order valence-electron chi connectivity index (χ2n) is 5.79. The molecule has 0 amide bonds. The lowest BCUT2D eigenvalue weighted by Crippen LogP contribution is -2.01. The summed E-state index contributed by atoms with van der Waals surface area (Å²) in [7, 11) is 0. The first-order valence-corrected chi connectivity index (χ1v) is 8.47.